The number of alkyl halides is 68. The van der Waals surface area contributed by atoms with Crippen LogP contribution in [0.4, 0.5) is 299 Å². The first kappa shape index (κ1) is 111. The van der Waals surface area contributed by atoms with Gasteiger partial charge in [-0.25, -0.2) is 0 Å². The van der Waals surface area contributed by atoms with E-state index in [9.17, 15) is 263 Å². The van der Waals surface area contributed by atoms with Gasteiger partial charge < -0.3 is 0 Å². The van der Waals surface area contributed by atoms with E-state index in [2.05, 4.69) is 0 Å². The first-order valence-corrected chi connectivity index (χ1v) is 31.4. The Labute approximate surface area is 603 Å². The molecule has 118 heavy (non-hydrogen) atoms. The van der Waals surface area contributed by atoms with Crippen LogP contribution >= 0.6 is 15.8 Å². The van der Waals surface area contributed by atoms with E-state index in [1.807, 2.05) is 0 Å². The fourth-order valence-corrected chi connectivity index (χ4v) is 13.2. The SMILES string of the molecule is FC(F)(F)C(F)(F)C(F)(F)C(F)(F)C(F)(F)C(F)(F)C(F)(F)C(F)(F)CCP(CCC(F)(F)C(F)(F)C(F)(F)C(F)(F)C(F)(F)C(F)(F)C(F)(F)C(F)(F)F)Cc1[c-]c(CP(CCC(F)(F)C(F)(F)C(F)(F)C(F)(F)C(F)(F)C(F)(F)C(F)(F)C(F)(F)F)CCC(F)(F)C(F)(F)C(F)(F)C(F)(F)C(F)(F)C(F)(F)C(F)(F)C(F)(F)F)ccc1. The molecule has 0 amide bonds. The lowest BCUT2D eigenvalue weighted by Gasteiger charge is -2.43. The van der Waals surface area contributed by atoms with Crippen LogP contribution in [0.3, 0.4) is 0 Å². The third kappa shape index (κ3) is 16.2. The fourth-order valence-electron chi connectivity index (χ4n) is 8.38. The maximum Gasteiger partial charge on any atom is 0.460 e. The van der Waals surface area contributed by atoms with Crippen LogP contribution in [0.5, 0.6) is 0 Å². The monoisotopic (exact) mass is 1950 g/mol. The van der Waals surface area contributed by atoms with E-state index in [1.165, 1.54) is 0 Å². The van der Waals surface area contributed by atoms with Crippen molar-refractivity contribution in [3.05, 3.63) is 35.4 Å². The smallest absolute Gasteiger partial charge is 0.200 e. The van der Waals surface area contributed by atoms with Crippen molar-refractivity contribution in [1.82, 2.24) is 0 Å². The molecule has 702 valence electrons. The molecule has 1 rings (SSSR count). The highest BCUT2D eigenvalue weighted by atomic mass is 31.1. The highest BCUT2D eigenvalue weighted by Crippen LogP contribution is 2.71. The van der Waals surface area contributed by atoms with Gasteiger partial charge in [-0.1, -0.05) is 0 Å². The zero-order valence-corrected chi connectivity index (χ0v) is 54.7. The second kappa shape index (κ2) is 30.6. The third-order valence-corrected chi connectivity index (χ3v) is 20.8. The molecule has 0 heterocycles. The molecule has 70 heteroatoms. The summed E-state index contributed by atoms with van der Waals surface area (Å²) < 4.78 is 954. The highest BCUT2D eigenvalue weighted by Gasteiger charge is 3.00. The van der Waals surface area contributed by atoms with Crippen molar-refractivity contribution in [3.8, 4) is 0 Å². The van der Waals surface area contributed by atoms with E-state index in [0.29, 0.717) is 0 Å². The van der Waals surface area contributed by atoms with E-state index >= 15 is 35.1 Å². The van der Waals surface area contributed by atoms with Gasteiger partial charge in [0.2, 0.25) is 0 Å². The number of rotatable bonds is 40. The molecule has 0 aliphatic heterocycles. The first-order valence-electron chi connectivity index (χ1n) is 27.6. The maximum absolute atomic E-state index is 15.2. The molecule has 0 aliphatic rings. The number of benzene rings is 1. The average molecular weight is 1950 g/mol. The van der Waals surface area contributed by atoms with Crippen LogP contribution in [-0.4, -0.2) is 215 Å². The molecular formula is C48H23F68P2-. The Balaban J connectivity index is 4.74. The Morgan fingerprint density at radius 2 is 0.271 bits per heavy atom. The Morgan fingerprint density at radius 3 is 0.390 bits per heavy atom. The minimum atomic E-state index is -9.66. The van der Waals surface area contributed by atoms with Gasteiger partial charge in [-0.05, 0) is 37.0 Å². The van der Waals surface area contributed by atoms with Crippen LogP contribution in [0.1, 0.15) is 36.8 Å². The number of halogens is 68. The third-order valence-electron chi connectivity index (χ3n) is 15.8. The van der Waals surface area contributed by atoms with Gasteiger partial charge in [-0.15, -0.1) is 15.8 Å². The van der Waals surface area contributed by atoms with Gasteiger partial charge in [-0.3, -0.25) is 0 Å². The van der Waals surface area contributed by atoms with Crippen molar-refractivity contribution >= 4 is 15.8 Å². The molecule has 0 radical (unpaired) electrons. The fraction of sp³-hybridized carbons (Fsp3) is 0.875. The molecular weight excluding hydrogens is 1930 g/mol. The van der Waals surface area contributed by atoms with Crippen molar-refractivity contribution < 1.29 is 299 Å². The summed E-state index contributed by atoms with van der Waals surface area (Å²) in [5.41, 5.74) is -4.09. The van der Waals surface area contributed by atoms with Gasteiger partial charge in [0.1, 0.15) is 0 Å². The number of hydrogen-bond acceptors (Lipinski definition) is 0. The van der Waals surface area contributed by atoms with Crippen LogP contribution in [0.25, 0.3) is 0 Å². The predicted molar refractivity (Wildman–Crippen MR) is 247 cm³/mol. The topological polar surface area (TPSA) is 0 Å². The Morgan fingerprint density at radius 1 is 0.161 bits per heavy atom. The molecule has 0 saturated carbocycles. The summed E-state index contributed by atoms with van der Waals surface area (Å²) in [5, 5.41) is 0. The second-order valence-electron chi connectivity index (χ2n) is 23.8. The summed E-state index contributed by atoms with van der Waals surface area (Å²) >= 11 is 0. The van der Waals surface area contributed by atoms with Crippen LogP contribution in [-0.2, 0) is 12.3 Å². The van der Waals surface area contributed by atoms with Crippen LogP contribution in [0.2, 0.25) is 0 Å². The molecule has 0 unspecified atom stereocenters. The van der Waals surface area contributed by atoms with Crippen molar-refractivity contribution in [3.63, 3.8) is 0 Å². The van der Waals surface area contributed by atoms with Crippen LogP contribution in [0.15, 0.2) is 18.2 Å². The van der Waals surface area contributed by atoms with Gasteiger partial charge >= 0.3 is 191 Å². The minimum Gasteiger partial charge on any atom is -0.200 e. The van der Waals surface area contributed by atoms with Crippen molar-refractivity contribution in [1.29, 1.82) is 0 Å². The van der Waals surface area contributed by atoms with Gasteiger partial charge in [-0.2, -0.15) is 334 Å². The molecule has 0 aromatic heterocycles. The first-order chi connectivity index (χ1) is 50.3. The lowest BCUT2D eigenvalue weighted by Crippen LogP contribution is -2.74. The molecule has 0 atom stereocenters. The van der Waals surface area contributed by atoms with Crippen LogP contribution in [0, 0.1) is 6.07 Å². The van der Waals surface area contributed by atoms with E-state index < -0.39 is 280 Å². The molecule has 0 fully saturated rings. The molecule has 0 spiro atoms. The predicted octanol–water partition coefficient (Wildman–Crippen LogP) is 27.0. The maximum atomic E-state index is 15.2. The quantitative estimate of drug-likeness (QED) is 0.0349. The Kier molecular flexibility index (Phi) is 28.9. The van der Waals surface area contributed by atoms with Gasteiger partial charge in [0.05, 0.1) is 0 Å². The van der Waals surface area contributed by atoms with Crippen LogP contribution < -0.4 is 0 Å². The van der Waals surface area contributed by atoms with Gasteiger partial charge in [0, 0.05) is 25.7 Å². The summed E-state index contributed by atoms with van der Waals surface area (Å²) in [6.07, 6.45) is -69.9. The van der Waals surface area contributed by atoms with Crippen molar-refractivity contribution in [2.24, 2.45) is 0 Å². The molecule has 0 bridgehead atoms. The molecule has 0 saturated heterocycles. The van der Waals surface area contributed by atoms with Crippen molar-refractivity contribution in [2.75, 3.05) is 24.6 Å². The second-order valence-corrected chi connectivity index (χ2v) is 29.0. The van der Waals surface area contributed by atoms with E-state index in [1.54, 1.807) is 0 Å². The normalized spacial score (nSPS) is 16.8. The molecule has 1 aromatic rings. The molecule has 0 nitrogen and oxygen atoms in total. The standard InChI is InChI=1S/C48H23F68P2/c49-17(50,21(57,58)25(65,66)29(73,74)33(81,82)37(89,90)41(97,98)45(105,106)107)4-8-117(9-5-18(51,52)22(59,60)26(67,68)30(75,76)34(83,84)38(91,92)42(99,100)46(108,109)110)13-15-2-1-3-16(12-15)14-118(10-6-19(53,54)23(61,62)27(69,70)31(77,78)35(85,86)39(93,94)43(101,102)47(111,112)113)11-7-20(55,56)24(63,64)28(71,72)32(79,80)36(87,88)40(95,96)44(103,104)48(114,115)116/h1-3H,4-11,13-14H2/q-1. The summed E-state index contributed by atoms with van der Waals surface area (Å²) in [6.45, 7) is 0. The summed E-state index contributed by atoms with van der Waals surface area (Å²) in [5.74, 6) is -257. The highest BCUT2D eigenvalue weighted by molar-refractivity contribution is 7.57. The average Bonchev–Trinajstić information content (AvgIpc) is 0.708. The summed E-state index contributed by atoms with van der Waals surface area (Å²) in [7, 11) is -9.91. The van der Waals surface area contributed by atoms with Gasteiger partial charge in [0.25, 0.3) is 0 Å². The summed E-state index contributed by atoms with van der Waals surface area (Å²) in [6, 6.07) is -0.0516. The molecule has 0 N–H and O–H groups in total. The minimum absolute atomic E-state index is 0.344. The largest absolute Gasteiger partial charge is 0.460 e. The van der Waals surface area contributed by atoms with E-state index in [-0.39, 0.29) is 18.2 Å². The lowest BCUT2D eigenvalue weighted by molar-refractivity contribution is -0.461. The number of hydrogen-bond donors (Lipinski definition) is 0. The lowest BCUT2D eigenvalue weighted by atomic mass is 9.88. The molecule has 0 aliphatic carbocycles. The van der Waals surface area contributed by atoms with Gasteiger partial charge in [0.15, 0.2) is 0 Å². The molecule has 1 aromatic carbocycles. The Hall–Kier alpha value is -4.68. The van der Waals surface area contributed by atoms with E-state index in [4.69, 9.17) is 0 Å². The van der Waals surface area contributed by atoms with E-state index in [0.717, 1.165) is 6.07 Å². The van der Waals surface area contributed by atoms with Crippen molar-refractivity contribution in [2.45, 2.75) is 229 Å². The zero-order valence-electron chi connectivity index (χ0n) is 52.9. The summed E-state index contributed by atoms with van der Waals surface area (Å²) in [4.78, 5) is 0. The zero-order chi connectivity index (χ0) is 96.2. The Bertz CT molecular complexity index is 3140.